The molecule has 2 rings (SSSR count). The third kappa shape index (κ3) is 5.48. The second-order valence-electron chi connectivity index (χ2n) is 4.80. The Bertz CT molecular complexity index is 238. The van der Waals surface area contributed by atoms with Crippen molar-refractivity contribution in [1.82, 2.24) is 10.6 Å². The fourth-order valence-electron chi connectivity index (χ4n) is 1.84. The van der Waals surface area contributed by atoms with Gasteiger partial charge in [-0.1, -0.05) is 0 Å². The van der Waals surface area contributed by atoms with Crippen molar-refractivity contribution in [2.45, 2.75) is 25.3 Å². The minimum atomic E-state index is 0.0722. The zero-order chi connectivity index (χ0) is 11.9. The standard InChI is InChI=1S/C12H22N2O3/c15-12(7-11-9-17-5-3-13-11)14-4-6-16-8-10-1-2-10/h10-11,13H,1-9H2,(H,14,15). The van der Waals surface area contributed by atoms with Crippen molar-refractivity contribution < 1.29 is 14.3 Å². The Hall–Kier alpha value is -0.650. The highest BCUT2D eigenvalue weighted by atomic mass is 16.5. The molecule has 17 heavy (non-hydrogen) atoms. The molecule has 5 nitrogen and oxygen atoms in total. The maximum absolute atomic E-state index is 11.6. The van der Waals surface area contributed by atoms with E-state index in [0.717, 1.165) is 25.7 Å². The molecule has 0 spiro atoms. The molecule has 0 bridgehead atoms. The van der Waals surface area contributed by atoms with Crippen molar-refractivity contribution in [2.75, 3.05) is 39.5 Å². The van der Waals surface area contributed by atoms with Crippen LogP contribution in [0.25, 0.3) is 0 Å². The van der Waals surface area contributed by atoms with Gasteiger partial charge in [-0.05, 0) is 18.8 Å². The molecule has 2 N–H and O–H groups in total. The molecular formula is C12H22N2O3. The van der Waals surface area contributed by atoms with Crippen LogP contribution < -0.4 is 10.6 Å². The van der Waals surface area contributed by atoms with Crippen molar-refractivity contribution in [2.24, 2.45) is 5.92 Å². The summed E-state index contributed by atoms with van der Waals surface area (Å²) in [5.41, 5.74) is 0. The Kier molecular flexibility index (Phi) is 5.22. The van der Waals surface area contributed by atoms with Gasteiger partial charge in [0.1, 0.15) is 0 Å². The number of hydrogen-bond acceptors (Lipinski definition) is 4. The minimum absolute atomic E-state index is 0.0722. The van der Waals surface area contributed by atoms with Crippen LogP contribution in [0, 0.1) is 5.92 Å². The van der Waals surface area contributed by atoms with Gasteiger partial charge in [0, 0.05) is 32.2 Å². The summed E-state index contributed by atoms with van der Waals surface area (Å²) in [5.74, 6) is 0.859. The average Bonchev–Trinajstić information content (AvgIpc) is 3.14. The smallest absolute Gasteiger partial charge is 0.221 e. The Balaban J connectivity index is 1.44. The van der Waals surface area contributed by atoms with Crippen LogP contribution in [-0.2, 0) is 14.3 Å². The second kappa shape index (κ2) is 6.93. The Morgan fingerprint density at radius 1 is 1.47 bits per heavy atom. The van der Waals surface area contributed by atoms with E-state index in [1.165, 1.54) is 12.8 Å². The Morgan fingerprint density at radius 2 is 2.35 bits per heavy atom. The summed E-state index contributed by atoms with van der Waals surface area (Å²) in [6.45, 7) is 4.30. The molecule has 98 valence electrons. The molecule has 1 heterocycles. The average molecular weight is 242 g/mol. The molecule has 1 aliphatic heterocycles. The van der Waals surface area contributed by atoms with Gasteiger partial charge in [0.15, 0.2) is 0 Å². The number of ether oxygens (including phenoxy) is 2. The van der Waals surface area contributed by atoms with E-state index in [1.54, 1.807) is 0 Å². The summed E-state index contributed by atoms with van der Waals surface area (Å²) in [4.78, 5) is 11.6. The summed E-state index contributed by atoms with van der Waals surface area (Å²) in [6.07, 6.45) is 3.10. The highest BCUT2D eigenvalue weighted by Gasteiger charge is 2.21. The number of hydrogen-bond donors (Lipinski definition) is 2. The van der Waals surface area contributed by atoms with Crippen molar-refractivity contribution >= 4 is 5.91 Å². The Morgan fingerprint density at radius 3 is 3.06 bits per heavy atom. The predicted molar refractivity (Wildman–Crippen MR) is 63.8 cm³/mol. The first-order valence-corrected chi connectivity index (χ1v) is 6.50. The van der Waals surface area contributed by atoms with E-state index in [2.05, 4.69) is 10.6 Å². The molecule has 0 aromatic heterocycles. The maximum atomic E-state index is 11.6. The fraction of sp³-hybridized carbons (Fsp3) is 0.917. The molecule has 5 heteroatoms. The third-order valence-electron chi connectivity index (χ3n) is 3.05. The van der Waals surface area contributed by atoms with Gasteiger partial charge in [-0.15, -0.1) is 0 Å². The number of nitrogens with one attached hydrogen (secondary N) is 2. The van der Waals surface area contributed by atoms with Crippen molar-refractivity contribution in [3.63, 3.8) is 0 Å². The van der Waals surface area contributed by atoms with E-state index in [0.29, 0.717) is 26.2 Å². The summed E-state index contributed by atoms with van der Waals surface area (Å²) in [6, 6.07) is 0.163. The molecule has 2 aliphatic rings. The zero-order valence-electron chi connectivity index (χ0n) is 10.2. The van der Waals surface area contributed by atoms with Crippen molar-refractivity contribution in [3.8, 4) is 0 Å². The summed E-state index contributed by atoms with van der Waals surface area (Å²) in [5, 5.41) is 6.12. The van der Waals surface area contributed by atoms with Gasteiger partial charge in [-0.25, -0.2) is 0 Å². The topological polar surface area (TPSA) is 59.6 Å². The van der Waals surface area contributed by atoms with Gasteiger partial charge >= 0.3 is 0 Å². The molecule has 0 radical (unpaired) electrons. The number of morpholine rings is 1. The van der Waals surface area contributed by atoms with E-state index < -0.39 is 0 Å². The molecule has 2 fully saturated rings. The molecule has 1 aliphatic carbocycles. The summed E-state index contributed by atoms with van der Waals surface area (Å²) in [7, 11) is 0. The maximum Gasteiger partial charge on any atom is 0.221 e. The highest BCUT2D eigenvalue weighted by Crippen LogP contribution is 2.28. The summed E-state index contributed by atoms with van der Waals surface area (Å²) < 4.78 is 10.7. The SMILES string of the molecule is O=C(CC1COCCN1)NCCOCC1CC1. The lowest BCUT2D eigenvalue weighted by Crippen LogP contribution is -2.44. The zero-order valence-corrected chi connectivity index (χ0v) is 10.2. The minimum Gasteiger partial charge on any atom is -0.379 e. The number of amides is 1. The van der Waals surface area contributed by atoms with Crippen LogP contribution in [0.2, 0.25) is 0 Å². The highest BCUT2D eigenvalue weighted by molar-refractivity contribution is 5.76. The van der Waals surface area contributed by atoms with Crippen LogP contribution in [0.4, 0.5) is 0 Å². The van der Waals surface area contributed by atoms with E-state index in [1.807, 2.05) is 0 Å². The van der Waals surface area contributed by atoms with E-state index in [-0.39, 0.29) is 11.9 Å². The van der Waals surface area contributed by atoms with E-state index in [4.69, 9.17) is 9.47 Å². The molecule has 0 aromatic carbocycles. The number of carbonyl (C=O) groups excluding carboxylic acids is 1. The largest absolute Gasteiger partial charge is 0.379 e. The van der Waals surface area contributed by atoms with Crippen LogP contribution in [0.3, 0.4) is 0 Å². The van der Waals surface area contributed by atoms with Crippen LogP contribution in [0.15, 0.2) is 0 Å². The number of rotatable bonds is 7. The van der Waals surface area contributed by atoms with Gasteiger partial charge in [0.05, 0.1) is 19.8 Å². The van der Waals surface area contributed by atoms with Crippen molar-refractivity contribution in [1.29, 1.82) is 0 Å². The molecule has 0 aromatic rings. The fourth-order valence-corrected chi connectivity index (χ4v) is 1.84. The van der Waals surface area contributed by atoms with Crippen LogP contribution >= 0.6 is 0 Å². The number of carbonyl (C=O) groups is 1. The van der Waals surface area contributed by atoms with Gasteiger partial charge in [0.2, 0.25) is 5.91 Å². The van der Waals surface area contributed by atoms with Gasteiger partial charge in [0.25, 0.3) is 0 Å². The summed E-state index contributed by atoms with van der Waals surface area (Å²) >= 11 is 0. The quantitative estimate of drug-likeness (QED) is 0.612. The molecule has 1 saturated carbocycles. The molecule has 1 atom stereocenters. The van der Waals surface area contributed by atoms with Crippen LogP contribution in [0.1, 0.15) is 19.3 Å². The lowest BCUT2D eigenvalue weighted by Gasteiger charge is -2.23. The molecule has 1 saturated heterocycles. The van der Waals surface area contributed by atoms with Gasteiger partial charge in [-0.3, -0.25) is 4.79 Å². The van der Waals surface area contributed by atoms with E-state index in [9.17, 15) is 4.79 Å². The normalized spacial score (nSPS) is 24.6. The second-order valence-corrected chi connectivity index (χ2v) is 4.80. The predicted octanol–water partition coefficient (Wildman–Crippen LogP) is -0.0923. The monoisotopic (exact) mass is 242 g/mol. The first-order valence-electron chi connectivity index (χ1n) is 6.50. The molecule has 1 amide bonds. The third-order valence-corrected chi connectivity index (χ3v) is 3.05. The van der Waals surface area contributed by atoms with Gasteiger partial charge in [-0.2, -0.15) is 0 Å². The van der Waals surface area contributed by atoms with E-state index >= 15 is 0 Å². The lowest BCUT2D eigenvalue weighted by molar-refractivity contribution is -0.122. The molecular weight excluding hydrogens is 220 g/mol. The molecule has 1 unspecified atom stereocenters. The van der Waals surface area contributed by atoms with Crippen LogP contribution in [-0.4, -0.2) is 51.5 Å². The first kappa shape index (κ1) is 12.8. The van der Waals surface area contributed by atoms with Crippen molar-refractivity contribution in [3.05, 3.63) is 0 Å². The first-order chi connectivity index (χ1) is 8.34. The van der Waals surface area contributed by atoms with Crippen LogP contribution in [0.5, 0.6) is 0 Å². The van der Waals surface area contributed by atoms with Gasteiger partial charge < -0.3 is 20.1 Å². The lowest BCUT2D eigenvalue weighted by atomic mass is 10.2. The Labute approximate surface area is 102 Å².